The Morgan fingerprint density at radius 2 is 1.52 bits per heavy atom. The molecule has 4 rings (SSSR count). The van der Waals surface area contributed by atoms with Crippen LogP contribution in [-0.4, -0.2) is 10.5 Å². The molecule has 0 bridgehead atoms. The number of hydrogen-bond acceptors (Lipinski definition) is 1. The van der Waals surface area contributed by atoms with E-state index in [2.05, 4.69) is 16.7 Å². The van der Waals surface area contributed by atoms with Crippen LogP contribution in [0.25, 0.3) is 22.4 Å². The fraction of sp³-hybridized carbons (Fsp3) is 0.0800. The zero-order chi connectivity index (χ0) is 20.4. The van der Waals surface area contributed by atoms with Crippen molar-refractivity contribution in [2.45, 2.75) is 13.5 Å². The van der Waals surface area contributed by atoms with E-state index < -0.39 is 5.91 Å². The Hall–Kier alpha value is -3.30. The molecule has 1 amide bonds. The fourth-order valence-electron chi connectivity index (χ4n) is 3.84. The molecule has 0 saturated carbocycles. The van der Waals surface area contributed by atoms with Gasteiger partial charge in [-0.15, -0.1) is 0 Å². The lowest BCUT2D eigenvalue weighted by molar-refractivity contribution is 0.1000. The summed E-state index contributed by atoms with van der Waals surface area (Å²) in [6, 6.07) is 27.8. The maximum absolute atomic E-state index is 12.5. The van der Waals surface area contributed by atoms with Gasteiger partial charge in [0.15, 0.2) is 0 Å². The summed E-state index contributed by atoms with van der Waals surface area (Å²) in [5.41, 5.74) is 12.1. The number of aromatic nitrogens is 1. The number of nitrogens with zero attached hydrogens (tertiary/aromatic N) is 1. The third kappa shape index (κ3) is 3.69. The molecule has 0 unspecified atom stereocenters. The molecule has 0 aliphatic rings. The highest BCUT2D eigenvalue weighted by Gasteiger charge is 2.25. The van der Waals surface area contributed by atoms with Crippen LogP contribution in [0.5, 0.6) is 0 Å². The maximum atomic E-state index is 12.5. The second-order valence-electron chi connectivity index (χ2n) is 7.00. The molecule has 4 aromatic rings. The minimum atomic E-state index is -0.427. The summed E-state index contributed by atoms with van der Waals surface area (Å²) in [7, 11) is 0. The molecule has 3 nitrogen and oxygen atoms in total. The van der Waals surface area contributed by atoms with E-state index in [4.69, 9.17) is 17.3 Å². The van der Waals surface area contributed by atoms with E-state index >= 15 is 0 Å². The van der Waals surface area contributed by atoms with Crippen molar-refractivity contribution in [1.82, 2.24) is 4.57 Å². The summed E-state index contributed by atoms with van der Waals surface area (Å²) >= 11 is 6.21. The lowest BCUT2D eigenvalue weighted by atomic mass is 9.96. The van der Waals surface area contributed by atoms with Crippen LogP contribution in [-0.2, 0) is 6.54 Å². The van der Waals surface area contributed by atoms with E-state index in [1.807, 2.05) is 79.7 Å². The van der Waals surface area contributed by atoms with E-state index in [0.29, 0.717) is 17.1 Å². The van der Waals surface area contributed by atoms with Gasteiger partial charge in [0.2, 0.25) is 0 Å². The van der Waals surface area contributed by atoms with Crippen LogP contribution in [0.4, 0.5) is 0 Å². The highest BCUT2D eigenvalue weighted by Crippen LogP contribution is 2.39. The molecule has 0 spiro atoms. The maximum Gasteiger partial charge on any atom is 0.251 e. The monoisotopic (exact) mass is 400 g/mol. The van der Waals surface area contributed by atoms with Crippen LogP contribution >= 0.6 is 11.6 Å². The SMILES string of the molecule is Cc1c(C(N)=O)c(-c2ccccc2)c(-c2ccccc2)n1Cc1cccc(Cl)c1. The molecular formula is C25H21ClN2O. The van der Waals surface area contributed by atoms with Gasteiger partial charge in [-0.2, -0.15) is 0 Å². The number of halogens is 1. The number of rotatable bonds is 5. The van der Waals surface area contributed by atoms with Gasteiger partial charge in [-0.3, -0.25) is 4.79 Å². The second-order valence-corrected chi connectivity index (χ2v) is 7.43. The van der Waals surface area contributed by atoms with Crippen LogP contribution < -0.4 is 5.73 Å². The standard InChI is InChI=1S/C25H21ClN2O/c1-17-22(25(27)29)23(19-10-4-2-5-11-19)24(20-12-6-3-7-13-20)28(17)16-18-9-8-14-21(26)15-18/h2-15H,16H2,1H3,(H2,27,29). The summed E-state index contributed by atoms with van der Waals surface area (Å²) in [5.74, 6) is -0.427. The first-order valence-corrected chi connectivity index (χ1v) is 9.82. The summed E-state index contributed by atoms with van der Waals surface area (Å²) in [4.78, 5) is 12.5. The molecule has 29 heavy (non-hydrogen) atoms. The quantitative estimate of drug-likeness (QED) is 0.443. The van der Waals surface area contributed by atoms with Crippen molar-refractivity contribution in [2.75, 3.05) is 0 Å². The number of carbonyl (C=O) groups is 1. The van der Waals surface area contributed by atoms with Crippen LogP contribution in [0.15, 0.2) is 84.9 Å². The predicted molar refractivity (Wildman–Crippen MR) is 119 cm³/mol. The van der Waals surface area contributed by atoms with E-state index in [0.717, 1.165) is 33.6 Å². The number of benzene rings is 3. The summed E-state index contributed by atoms with van der Waals surface area (Å²) in [6.07, 6.45) is 0. The predicted octanol–water partition coefficient (Wildman–Crippen LogP) is 5.93. The largest absolute Gasteiger partial charge is 0.366 e. The lowest BCUT2D eigenvalue weighted by Gasteiger charge is -2.14. The second kappa shape index (κ2) is 7.98. The first-order valence-electron chi connectivity index (χ1n) is 9.44. The van der Waals surface area contributed by atoms with Crippen LogP contribution in [0.1, 0.15) is 21.6 Å². The van der Waals surface area contributed by atoms with Gasteiger partial charge in [-0.05, 0) is 35.7 Å². The molecule has 1 aromatic heterocycles. The van der Waals surface area contributed by atoms with Crippen molar-refractivity contribution in [2.24, 2.45) is 5.73 Å². The summed E-state index contributed by atoms with van der Waals surface area (Å²) < 4.78 is 2.16. The van der Waals surface area contributed by atoms with Crippen molar-refractivity contribution in [1.29, 1.82) is 0 Å². The Balaban J connectivity index is 2.03. The van der Waals surface area contributed by atoms with Crippen molar-refractivity contribution in [3.05, 3.63) is 107 Å². The zero-order valence-electron chi connectivity index (χ0n) is 16.1. The molecule has 1 heterocycles. The Morgan fingerprint density at radius 3 is 2.10 bits per heavy atom. The van der Waals surface area contributed by atoms with Crippen molar-refractivity contribution < 1.29 is 4.79 Å². The van der Waals surface area contributed by atoms with Crippen LogP contribution in [0.2, 0.25) is 5.02 Å². The lowest BCUT2D eigenvalue weighted by Crippen LogP contribution is -2.13. The third-order valence-electron chi connectivity index (χ3n) is 5.11. The van der Waals surface area contributed by atoms with Crippen molar-refractivity contribution in [3.63, 3.8) is 0 Å². The number of hydrogen-bond donors (Lipinski definition) is 1. The topological polar surface area (TPSA) is 48.0 Å². The van der Waals surface area contributed by atoms with Gasteiger partial charge in [0, 0.05) is 22.8 Å². The number of amides is 1. The third-order valence-corrected chi connectivity index (χ3v) is 5.34. The molecule has 0 atom stereocenters. The van der Waals surface area contributed by atoms with Gasteiger partial charge < -0.3 is 10.3 Å². The molecule has 0 fully saturated rings. The van der Waals surface area contributed by atoms with Crippen LogP contribution in [0.3, 0.4) is 0 Å². The molecule has 144 valence electrons. The van der Waals surface area contributed by atoms with Crippen LogP contribution in [0, 0.1) is 6.92 Å². The Bertz CT molecular complexity index is 1160. The van der Waals surface area contributed by atoms with E-state index in [9.17, 15) is 4.79 Å². The van der Waals surface area contributed by atoms with Gasteiger partial charge in [0.1, 0.15) is 0 Å². The molecular weight excluding hydrogens is 380 g/mol. The first-order chi connectivity index (χ1) is 14.1. The molecule has 4 heteroatoms. The smallest absolute Gasteiger partial charge is 0.251 e. The van der Waals surface area contributed by atoms with Gasteiger partial charge in [-0.1, -0.05) is 84.4 Å². The minimum Gasteiger partial charge on any atom is -0.366 e. The molecule has 2 N–H and O–H groups in total. The Labute approximate surface area is 175 Å². The summed E-state index contributed by atoms with van der Waals surface area (Å²) in [6.45, 7) is 2.53. The van der Waals surface area contributed by atoms with Crippen molar-refractivity contribution in [3.8, 4) is 22.4 Å². The van der Waals surface area contributed by atoms with E-state index in [1.54, 1.807) is 0 Å². The van der Waals surface area contributed by atoms with E-state index in [1.165, 1.54) is 0 Å². The average Bonchev–Trinajstić information content (AvgIpc) is 3.02. The van der Waals surface area contributed by atoms with Gasteiger partial charge in [-0.25, -0.2) is 0 Å². The zero-order valence-corrected chi connectivity index (χ0v) is 16.9. The number of carbonyl (C=O) groups excluding carboxylic acids is 1. The molecule has 0 radical (unpaired) electrons. The van der Waals surface area contributed by atoms with Gasteiger partial charge in [0.05, 0.1) is 11.3 Å². The highest BCUT2D eigenvalue weighted by atomic mass is 35.5. The fourth-order valence-corrected chi connectivity index (χ4v) is 4.05. The number of primary amides is 1. The van der Waals surface area contributed by atoms with Crippen molar-refractivity contribution >= 4 is 17.5 Å². The van der Waals surface area contributed by atoms with Gasteiger partial charge >= 0.3 is 0 Å². The summed E-state index contributed by atoms with van der Waals surface area (Å²) in [5, 5.41) is 0.687. The average molecular weight is 401 g/mol. The van der Waals surface area contributed by atoms with E-state index in [-0.39, 0.29) is 0 Å². The van der Waals surface area contributed by atoms with Gasteiger partial charge in [0.25, 0.3) is 5.91 Å². The highest BCUT2D eigenvalue weighted by molar-refractivity contribution is 6.30. The molecule has 0 aliphatic heterocycles. The molecule has 0 saturated heterocycles. The Morgan fingerprint density at radius 1 is 0.897 bits per heavy atom. The first kappa shape index (κ1) is 19.0. The minimum absolute atomic E-state index is 0.427. The molecule has 3 aromatic carbocycles. The number of nitrogens with two attached hydrogens (primary N) is 1. The Kier molecular flexibility index (Phi) is 5.24. The molecule has 0 aliphatic carbocycles. The normalized spacial score (nSPS) is 10.8.